The summed E-state index contributed by atoms with van der Waals surface area (Å²) in [5.74, 6) is 0. The topological polar surface area (TPSA) is 12.9 Å². The van der Waals surface area contributed by atoms with Crippen molar-refractivity contribution in [3.05, 3.63) is 28.6 Å². The van der Waals surface area contributed by atoms with Crippen molar-refractivity contribution in [2.75, 3.05) is 0 Å². The van der Waals surface area contributed by atoms with Crippen LogP contribution in [0.4, 0.5) is 0 Å². The van der Waals surface area contributed by atoms with Crippen molar-refractivity contribution >= 4 is 0 Å². The summed E-state index contributed by atoms with van der Waals surface area (Å²) < 4.78 is 0. The molecule has 12 heavy (non-hydrogen) atoms. The summed E-state index contributed by atoms with van der Waals surface area (Å²) in [6, 6.07) is 0. The molecule has 1 aromatic rings. The van der Waals surface area contributed by atoms with E-state index in [0.717, 1.165) is 5.69 Å². The molecule has 63 valence electrons. The first-order valence-electron chi connectivity index (χ1n) is 4.65. The van der Waals surface area contributed by atoms with Crippen LogP contribution in [-0.4, -0.2) is 4.98 Å². The van der Waals surface area contributed by atoms with Gasteiger partial charge in [0, 0.05) is 5.69 Å². The molecule has 0 saturated carbocycles. The predicted molar refractivity (Wildman–Crippen MR) is 49.2 cm³/mol. The highest BCUT2D eigenvalue weighted by atomic mass is 14.7. The number of rotatable bonds is 0. The predicted octanol–water partition coefficient (Wildman–Crippen LogP) is 2.38. The van der Waals surface area contributed by atoms with Crippen LogP contribution in [0.3, 0.4) is 0 Å². The molecule has 1 aliphatic rings. The number of pyridine rings is 1. The monoisotopic (exact) mass is 160 g/mol. The van der Waals surface area contributed by atoms with Gasteiger partial charge in [0.05, 0.1) is 6.20 Å². The number of aryl methyl sites for hydroxylation is 2. The Hall–Kier alpha value is -0.850. The van der Waals surface area contributed by atoms with E-state index in [9.17, 15) is 0 Å². The molecule has 1 heteroatoms. The quantitative estimate of drug-likeness (QED) is 0.568. The van der Waals surface area contributed by atoms with Crippen molar-refractivity contribution in [1.82, 2.24) is 4.98 Å². The Labute approximate surface area is 73.8 Å². The van der Waals surface area contributed by atoms with Gasteiger partial charge in [0.25, 0.3) is 0 Å². The Morgan fingerprint density at radius 1 is 1.17 bits per heavy atom. The van der Waals surface area contributed by atoms with Gasteiger partial charge in [0.2, 0.25) is 0 Å². The van der Waals surface area contributed by atoms with Gasteiger partial charge in [0.15, 0.2) is 0 Å². The number of aromatic nitrogens is 1. The Kier molecular flexibility index (Phi) is 1.87. The first-order chi connectivity index (χ1) is 5.79. The van der Waals surface area contributed by atoms with Gasteiger partial charge < -0.3 is 0 Å². The third kappa shape index (κ3) is 1.13. The molecule has 0 bridgehead atoms. The van der Waals surface area contributed by atoms with Gasteiger partial charge in [0.1, 0.15) is 0 Å². The highest BCUT2D eigenvalue weighted by molar-refractivity contribution is 5.35. The van der Waals surface area contributed by atoms with Crippen LogP contribution in [0.15, 0.2) is 0 Å². The van der Waals surface area contributed by atoms with E-state index >= 15 is 0 Å². The maximum atomic E-state index is 4.27. The molecule has 0 amide bonds. The van der Waals surface area contributed by atoms with Crippen molar-refractivity contribution in [2.24, 2.45) is 0 Å². The molecule has 0 unspecified atom stereocenters. The van der Waals surface area contributed by atoms with E-state index < -0.39 is 0 Å². The summed E-state index contributed by atoms with van der Waals surface area (Å²) in [6.45, 7) is 4.25. The number of nitrogens with zero attached hydrogens (tertiary/aromatic N) is 1. The average molecular weight is 160 g/mol. The lowest BCUT2D eigenvalue weighted by Gasteiger charge is -2.17. The third-order valence-corrected chi connectivity index (χ3v) is 2.82. The van der Waals surface area contributed by atoms with E-state index in [0.29, 0.717) is 0 Å². The molecule has 0 spiro atoms. The van der Waals surface area contributed by atoms with E-state index in [4.69, 9.17) is 0 Å². The third-order valence-electron chi connectivity index (χ3n) is 2.82. The summed E-state index contributed by atoms with van der Waals surface area (Å²) in [7, 11) is 0. The fourth-order valence-corrected chi connectivity index (χ4v) is 1.90. The highest BCUT2D eigenvalue weighted by Crippen LogP contribution is 2.23. The minimum absolute atomic E-state index is 1.15. The van der Waals surface area contributed by atoms with E-state index in [1.54, 1.807) is 0 Å². The van der Waals surface area contributed by atoms with E-state index in [1.165, 1.54) is 42.4 Å². The summed E-state index contributed by atoms with van der Waals surface area (Å²) in [5, 5.41) is 0. The average Bonchev–Trinajstić information content (AvgIpc) is 2.12. The number of hydrogen-bond donors (Lipinski definition) is 0. The Morgan fingerprint density at radius 2 is 1.92 bits per heavy atom. The van der Waals surface area contributed by atoms with E-state index in [-0.39, 0.29) is 0 Å². The van der Waals surface area contributed by atoms with E-state index in [2.05, 4.69) is 25.0 Å². The zero-order valence-electron chi connectivity index (χ0n) is 7.78. The molecule has 0 fully saturated rings. The lowest BCUT2D eigenvalue weighted by Crippen LogP contribution is -2.07. The second-order valence-electron chi connectivity index (χ2n) is 3.60. The van der Waals surface area contributed by atoms with Crippen LogP contribution in [0.1, 0.15) is 35.2 Å². The van der Waals surface area contributed by atoms with Crippen LogP contribution in [0.2, 0.25) is 0 Å². The summed E-state index contributed by atoms with van der Waals surface area (Å²) in [5.41, 5.74) is 5.43. The van der Waals surface area contributed by atoms with Crippen molar-refractivity contribution in [3.8, 4) is 0 Å². The second kappa shape index (κ2) is 2.89. The van der Waals surface area contributed by atoms with Gasteiger partial charge >= 0.3 is 0 Å². The maximum absolute atomic E-state index is 4.27. The summed E-state index contributed by atoms with van der Waals surface area (Å²) in [6.07, 6.45) is 8.22. The molecule has 1 heterocycles. The van der Waals surface area contributed by atoms with Crippen LogP contribution < -0.4 is 0 Å². The van der Waals surface area contributed by atoms with Crippen molar-refractivity contribution in [3.63, 3.8) is 0 Å². The summed E-state index contributed by atoms with van der Waals surface area (Å²) >= 11 is 0. The lowest BCUT2D eigenvalue weighted by atomic mass is 9.89. The van der Waals surface area contributed by atoms with Crippen LogP contribution >= 0.6 is 0 Å². The van der Waals surface area contributed by atoms with Crippen molar-refractivity contribution in [2.45, 2.75) is 39.5 Å². The van der Waals surface area contributed by atoms with Crippen molar-refractivity contribution in [1.29, 1.82) is 0 Å². The molecule has 0 N–H and O–H groups in total. The zero-order chi connectivity index (χ0) is 8.55. The summed E-state index contributed by atoms with van der Waals surface area (Å²) in [4.78, 5) is 4.27. The fourth-order valence-electron chi connectivity index (χ4n) is 1.90. The molecular formula is C11H14N. The van der Waals surface area contributed by atoms with Gasteiger partial charge in [-0.05, 0) is 56.2 Å². The minimum Gasteiger partial charge on any atom is -0.251 e. The standard InChI is InChI=1S/C11H14N/c1-8-9(2)12-7-10-5-3-4-6-11(8)10/h3-6H2,1-2H3. The first-order valence-corrected chi connectivity index (χ1v) is 4.65. The van der Waals surface area contributed by atoms with Gasteiger partial charge in [-0.1, -0.05) is 0 Å². The smallest absolute Gasteiger partial charge is 0.0927 e. The van der Waals surface area contributed by atoms with Crippen molar-refractivity contribution < 1.29 is 0 Å². The Balaban J connectivity index is 2.54. The van der Waals surface area contributed by atoms with E-state index in [1.807, 2.05) is 0 Å². The van der Waals surface area contributed by atoms with Gasteiger partial charge in [-0.2, -0.15) is 0 Å². The Bertz CT molecular complexity index is 302. The molecule has 0 saturated heterocycles. The Morgan fingerprint density at radius 3 is 2.75 bits per heavy atom. The molecule has 1 aliphatic carbocycles. The maximum Gasteiger partial charge on any atom is 0.0927 e. The molecule has 1 nitrogen and oxygen atoms in total. The SMILES string of the molecule is Cc1n[c]c2c(c1C)CCCC2. The lowest BCUT2D eigenvalue weighted by molar-refractivity contribution is 0.675. The van der Waals surface area contributed by atoms with Crippen LogP contribution in [-0.2, 0) is 12.8 Å². The van der Waals surface area contributed by atoms with Crippen LogP contribution in [0.25, 0.3) is 0 Å². The van der Waals surface area contributed by atoms with Crippen LogP contribution in [0.5, 0.6) is 0 Å². The van der Waals surface area contributed by atoms with Gasteiger partial charge in [-0.25, -0.2) is 0 Å². The molecule has 2 rings (SSSR count). The zero-order valence-corrected chi connectivity index (χ0v) is 7.78. The molecule has 0 aliphatic heterocycles. The molecule has 0 atom stereocenters. The molecule has 0 aromatic carbocycles. The number of fused-ring (bicyclic) bond motifs is 1. The minimum atomic E-state index is 1.15. The molecule has 1 aromatic heterocycles. The molecular weight excluding hydrogens is 146 g/mol. The van der Waals surface area contributed by atoms with Crippen LogP contribution in [0, 0.1) is 20.0 Å². The number of hydrogen-bond acceptors (Lipinski definition) is 1. The largest absolute Gasteiger partial charge is 0.251 e. The normalized spacial score (nSPS) is 15.8. The second-order valence-corrected chi connectivity index (χ2v) is 3.60. The molecule has 1 radical (unpaired) electrons. The van der Waals surface area contributed by atoms with Gasteiger partial charge in [-0.15, -0.1) is 0 Å². The highest BCUT2D eigenvalue weighted by Gasteiger charge is 2.12. The first kappa shape index (κ1) is 7.78. The van der Waals surface area contributed by atoms with Gasteiger partial charge in [-0.3, -0.25) is 4.98 Å². The fraction of sp³-hybridized carbons (Fsp3) is 0.545.